The Hall–Kier alpha value is -4.53. The molecule has 1 aliphatic heterocycles. The summed E-state index contributed by atoms with van der Waals surface area (Å²) in [6, 6.07) is 24.8. The number of carbonyl (C=O) groups is 3. The van der Waals surface area contributed by atoms with E-state index in [2.05, 4.69) is 0 Å². The largest absolute Gasteiger partial charge is 0.489 e. The van der Waals surface area contributed by atoms with E-state index in [1.807, 2.05) is 78.9 Å². The number of carboxylic acids is 1. The molecule has 3 amide bonds. The Morgan fingerprint density at radius 2 is 1.53 bits per heavy atom. The molecule has 0 aliphatic carbocycles. The number of urea groups is 1. The Morgan fingerprint density at radius 3 is 2.19 bits per heavy atom. The molecule has 1 saturated heterocycles. The molecule has 0 aromatic heterocycles. The van der Waals surface area contributed by atoms with Crippen LogP contribution in [0.1, 0.15) is 44.7 Å². The number of carboxylic acid groups (broad SMARTS) is 1. The number of nitrogens with zero attached hydrogens (tertiary/aromatic N) is 3. The van der Waals surface area contributed by atoms with Crippen molar-refractivity contribution in [2.45, 2.75) is 52.2 Å². The van der Waals surface area contributed by atoms with Crippen LogP contribution in [0.5, 0.6) is 5.75 Å². The van der Waals surface area contributed by atoms with Gasteiger partial charge in [0, 0.05) is 44.1 Å². The van der Waals surface area contributed by atoms with Crippen LogP contribution in [0.2, 0.25) is 0 Å². The quantitative estimate of drug-likeness (QED) is 0.256. The average Bonchev–Trinajstić information content (AvgIpc) is 3.36. The summed E-state index contributed by atoms with van der Waals surface area (Å²) in [6.45, 7) is 7.29. The lowest BCUT2D eigenvalue weighted by molar-refractivity contribution is -0.142. The van der Waals surface area contributed by atoms with E-state index in [1.165, 1.54) is 4.90 Å². The number of aliphatic carboxylic acids is 1. The molecule has 0 radical (unpaired) electrons. The van der Waals surface area contributed by atoms with Crippen molar-refractivity contribution in [1.82, 2.24) is 4.90 Å². The van der Waals surface area contributed by atoms with Gasteiger partial charge in [-0.25, -0.2) is 9.59 Å². The van der Waals surface area contributed by atoms with Crippen LogP contribution in [0.15, 0.2) is 78.9 Å². The fraction of sp³-hybridized carbons (Fsp3) is 0.382. The van der Waals surface area contributed by atoms with Crippen LogP contribution in [0, 0.1) is 5.92 Å². The van der Waals surface area contributed by atoms with E-state index in [0.29, 0.717) is 51.3 Å². The predicted octanol–water partition coefficient (Wildman–Crippen LogP) is 6.60. The molecule has 1 unspecified atom stereocenters. The number of amides is 3. The van der Waals surface area contributed by atoms with Gasteiger partial charge in [-0.15, -0.1) is 0 Å². The van der Waals surface area contributed by atoms with Crippen molar-refractivity contribution in [1.29, 1.82) is 0 Å². The van der Waals surface area contributed by atoms with E-state index in [4.69, 9.17) is 9.47 Å². The first kappa shape index (κ1) is 31.4. The molecule has 228 valence electrons. The van der Waals surface area contributed by atoms with E-state index in [9.17, 15) is 19.5 Å². The summed E-state index contributed by atoms with van der Waals surface area (Å²) < 4.78 is 11.3. The van der Waals surface area contributed by atoms with Crippen molar-refractivity contribution < 1.29 is 29.0 Å². The summed E-state index contributed by atoms with van der Waals surface area (Å²) in [5.74, 6) is -0.818. The van der Waals surface area contributed by atoms with Crippen molar-refractivity contribution in [3.63, 3.8) is 0 Å². The van der Waals surface area contributed by atoms with Crippen LogP contribution < -0.4 is 14.5 Å². The van der Waals surface area contributed by atoms with E-state index in [1.54, 1.807) is 37.6 Å². The molecule has 3 aromatic carbocycles. The Morgan fingerprint density at radius 1 is 0.907 bits per heavy atom. The third kappa shape index (κ3) is 8.98. The van der Waals surface area contributed by atoms with Gasteiger partial charge >= 0.3 is 18.1 Å². The summed E-state index contributed by atoms with van der Waals surface area (Å²) in [4.78, 5) is 42.6. The molecule has 9 heteroatoms. The SMILES string of the molecule is CN(CCCC(Cc1cccc(N2CCN(c3cccc(OCc4ccccc4)c3)C2=O)c1)C(=O)O)C(=O)OC(C)(C)C. The van der Waals surface area contributed by atoms with Gasteiger partial charge in [-0.2, -0.15) is 0 Å². The Bertz CT molecular complexity index is 1400. The smallest absolute Gasteiger partial charge is 0.410 e. The first-order chi connectivity index (χ1) is 20.5. The summed E-state index contributed by atoms with van der Waals surface area (Å²) in [7, 11) is 1.65. The standard InChI is InChI=1S/C34H41N3O6/c1-34(2,3)43-33(41)35(4)18-10-14-27(31(38)39)21-26-13-8-15-28(22-26)36-19-20-37(32(36)40)29-16-9-17-30(23-29)42-24-25-11-6-5-7-12-25/h5-9,11-13,15-17,22-23,27H,10,14,18-21,24H2,1-4H3,(H,38,39). The number of carbonyl (C=O) groups excluding carboxylic acids is 2. The minimum Gasteiger partial charge on any atom is -0.489 e. The Labute approximate surface area is 253 Å². The van der Waals surface area contributed by atoms with Gasteiger partial charge in [0.2, 0.25) is 0 Å². The minimum absolute atomic E-state index is 0.141. The fourth-order valence-electron chi connectivity index (χ4n) is 4.95. The second-order valence-corrected chi connectivity index (χ2v) is 11.8. The topological polar surface area (TPSA) is 99.6 Å². The van der Waals surface area contributed by atoms with Gasteiger partial charge in [0.25, 0.3) is 0 Å². The number of anilines is 2. The number of hydrogen-bond acceptors (Lipinski definition) is 5. The normalized spacial score (nSPS) is 14.0. The maximum absolute atomic E-state index is 13.5. The van der Waals surface area contributed by atoms with Gasteiger partial charge in [0.1, 0.15) is 18.0 Å². The molecule has 1 heterocycles. The molecule has 1 fully saturated rings. The molecule has 4 rings (SSSR count). The zero-order chi connectivity index (χ0) is 31.0. The Balaban J connectivity index is 1.35. The molecule has 1 N–H and O–H groups in total. The summed E-state index contributed by atoms with van der Waals surface area (Å²) in [6.07, 6.45) is 0.834. The average molecular weight is 588 g/mol. The summed E-state index contributed by atoms with van der Waals surface area (Å²) in [5, 5.41) is 9.88. The number of rotatable bonds is 12. The monoisotopic (exact) mass is 587 g/mol. The number of benzene rings is 3. The van der Waals surface area contributed by atoms with Crippen LogP contribution in [-0.2, 0) is 22.6 Å². The molecule has 1 aliphatic rings. The zero-order valence-electron chi connectivity index (χ0n) is 25.4. The van der Waals surface area contributed by atoms with Gasteiger partial charge in [-0.1, -0.05) is 48.5 Å². The van der Waals surface area contributed by atoms with Gasteiger partial charge in [-0.05, 0) is 75.4 Å². The minimum atomic E-state index is -0.886. The highest BCUT2D eigenvalue weighted by Crippen LogP contribution is 2.29. The molecule has 3 aromatic rings. The highest BCUT2D eigenvalue weighted by Gasteiger charge is 2.31. The molecular weight excluding hydrogens is 546 g/mol. The second-order valence-electron chi connectivity index (χ2n) is 11.8. The third-order valence-electron chi connectivity index (χ3n) is 7.19. The molecule has 0 saturated carbocycles. The summed E-state index contributed by atoms with van der Waals surface area (Å²) in [5.41, 5.74) is 2.81. The molecule has 0 spiro atoms. The first-order valence-corrected chi connectivity index (χ1v) is 14.6. The van der Waals surface area contributed by atoms with Gasteiger partial charge in [0.15, 0.2) is 0 Å². The lowest BCUT2D eigenvalue weighted by Crippen LogP contribution is -2.35. The summed E-state index contributed by atoms with van der Waals surface area (Å²) >= 11 is 0. The maximum Gasteiger partial charge on any atom is 0.410 e. The second kappa shape index (κ2) is 14.1. The van der Waals surface area contributed by atoms with Crippen LogP contribution in [0.4, 0.5) is 21.0 Å². The van der Waals surface area contributed by atoms with Gasteiger partial charge in [0.05, 0.1) is 5.92 Å². The zero-order valence-corrected chi connectivity index (χ0v) is 25.4. The van der Waals surface area contributed by atoms with E-state index in [0.717, 1.165) is 22.5 Å². The van der Waals surface area contributed by atoms with Crippen molar-refractivity contribution in [3.05, 3.63) is 90.0 Å². The third-order valence-corrected chi connectivity index (χ3v) is 7.19. The molecular formula is C34H41N3O6. The molecule has 0 bridgehead atoms. The highest BCUT2D eigenvalue weighted by molar-refractivity contribution is 6.06. The maximum atomic E-state index is 13.5. The number of hydrogen-bond donors (Lipinski definition) is 1. The van der Waals surface area contributed by atoms with Crippen LogP contribution in [0.3, 0.4) is 0 Å². The van der Waals surface area contributed by atoms with E-state index in [-0.39, 0.29) is 6.03 Å². The van der Waals surface area contributed by atoms with E-state index < -0.39 is 23.6 Å². The van der Waals surface area contributed by atoms with Crippen LogP contribution in [-0.4, -0.2) is 60.4 Å². The van der Waals surface area contributed by atoms with Gasteiger partial charge < -0.3 is 19.5 Å². The van der Waals surface area contributed by atoms with Crippen molar-refractivity contribution in [2.24, 2.45) is 5.92 Å². The lowest BCUT2D eigenvalue weighted by atomic mass is 9.94. The van der Waals surface area contributed by atoms with Crippen molar-refractivity contribution in [3.8, 4) is 5.75 Å². The van der Waals surface area contributed by atoms with Crippen LogP contribution in [0.25, 0.3) is 0 Å². The molecule has 1 atom stereocenters. The van der Waals surface area contributed by atoms with Crippen molar-refractivity contribution >= 4 is 29.5 Å². The molecule has 43 heavy (non-hydrogen) atoms. The highest BCUT2D eigenvalue weighted by atomic mass is 16.6. The lowest BCUT2D eigenvalue weighted by Gasteiger charge is -2.25. The Kier molecular flexibility index (Phi) is 10.3. The van der Waals surface area contributed by atoms with Gasteiger partial charge in [-0.3, -0.25) is 14.6 Å². The number of ether oxygens (including phenoxy) is 2. The van der Waals surface area contributed by atoms with Crippen molar-refractivity contribution in [2.75, 3.05) is 36.5 Å². The fourth-order valence-corrected chi connectivity index (χ4v) is 4.95. The van der Waals surface area contributed by atoms with E-state index >= 15 is 0 Å². The van der Waals surface area contributed by atoms with Crippen LogP contribution >= 0.6 is 0 Å². The predicted molar refractivity (Wildman–Crippen MR) is 167 cm³/mol. The molecule has 9 nitrogen and oxygen atoms in total. The first-order valence-electron chi connectivity index (χ1n) is 14.6.